The summed E-state index contributed by atoms with van der Waals surface area (Å²) in [5.41, 5.74) is 4.20. The first-order valence-electron chi connectivity index (χ1n) is 3.95. The molecule has 0 atom stereocenters. The molecule has 0 aliphatic carbocycles. The van der Waals surface area contributed by atoms with E-state index in [1.54, 1.807) is 6.07 Å². The molecule has 1 rings (SSSR count). The van der Waals surface area contributed by atoms with Gasteiger partial charge in [-0.1, -0.05) is 0 Å². The average molecular weight is 241 g/mol. The Labute approximate surface area is 91.2 Å². The Morgan fingerprint density at radius 3 is 2.44 bits per heavy atom. The molecule has 7 nitrogen and oxygen atoms in total. The maximum Gasteiger partial charge on any atom is 0.294 e. The highest BCUT2D eigenvalue weighted by Crippen LogP contribution is 2.28. The lowest BCUT2D eigenvalue weighted by Crippen LogP contribution is -2.04. The van der Waals surface area contributed by atoms with E-state index in [-0.39, 0.29) is 16.1 Å². The van der Waals surface area contributed by atoms with Crippen LogP contribution in [0.4, 0.5) is 11.4 Å². The quantitative estimate of drug-likeness (QED) is 0.455. The van der Waals surface area contributed by atoms with Gasteiger partial charge in [0.1, 0.15) is 11.8 Å². The summed E-state index contributed by atoms with van der Waals surface area (Å²) in [6, 6.07) is 3.46. The molecule has 0 fully saturated rings. The summed E-state index contributed by atoms with van der Waals surface area (Å²) >= 11 is 0. The molecular weight excluding hydrogens is 234 g/mol. The van der Waals surface area contributed by atoms with Crippen molar-refractivity contribution in [2.75, 3.05) is 12.0 Å². The first-order chi connectivity index (χ1) is 7.27. The lowest BCUT2D eigenvalue weighted by atomic mass is 10.2. The zero-order valence-electron chi connectivity index (χ0n) is 8.17. The number of hydrogen-bond acceptors (Lipinski definition) is 6. The number of nitro benzene ring substituents is 1. The maximum atomic E-state index is 11.2. The Kier molecular flexibility index (Phi) is 2.82. The monoisotopic (exact) mass is 241 g/mol. The Morgan fingerprint density at radius 1 is 1.50 bits per heavy atom. The Bertz CT molecular complexity index is 600. The van der Waals surface area contributed by atoms with Crippen LogP contribution in [-0.2, 0) is 9.84 Å². The molecule has 0 bridgehead atoms. The molecule has 0 aliphatic rings. The van der Waals surface area contributed by atoms with Crippen LogP contribution in [0.3, 0.4) is 0 Å². The molecule has 2 N–H and O–H groups in total. The van der Waals surface area contributed by atoms with Crippen molar-refractivity contribution >= 4 is 21.2 Å². The molecule has 1 aromatic rings. The second-order valence-electron chi connectivity index (χ2n) is 3.04. The first-order valence-corrected chi connectivity index (χ1v) is 5.84. The summed E-state index contributed by atoms with van der Waals surface area (Å²) in [4.78, 5) is 9.46. The van der Waals surface area contributed by atoms with Crippen molar-refractivity contribution in [2.45, 2.75) is 4.90 Å². The minimum absolute atomic E-state index is 0.227. The summed E-state index contributed by atoms with van der Waals surface area (Å²) in [7, 11) is -3.62. The van der Waals surface area contributed by atoms with Crippen molar-refractivity contribution in [3.05, 3.63) is 27.8 Å². The van der Waals surface area contributed by atoms with E-state index in [1.165, 1.54) is 0 Å². The predicted octanol–water partition coefficient (Wildman–Crippen LogP) is 0.452. The van der Waals surface area contributed by atoms with Gasteiger partial charge < -0.3 is 5.73 Å². The summed E-state index contributed by atoms with van der Waals surface area (Å²) in [5.74, 6) is 0. The third-order valence-corrected chi connectivity index (χ3v) is 2.97. The van der Waals surface area contributed by atoms with E-state index in [1.807, 2.05) is 0 Å². The van der Waals surface area contributed by atoms with Gasteiger partial charge in [-0.05, 0) is 6.07 Å². The number of benzene rings is 1. The van der Waals surface area contributed by atoms with Gasteiger partial charge in [-0.2, -0.15) is 5.26 Å². The van der Waals surface area contributed by atoms with Crippen LogP contribution in [0.2, 0.25) is 0 Å². The molecule has 84 valence electrons. The molecule has 1 aromatic carbocycles. The number of nitrogens with zero attached hydrogens (tertiary/aromatic N) is 2. The predicted molar refractivity (Wildman–Crippen MR) is 55.3 cm³/mol. The lowest BCUT2D eigenvalue weighted by molar-refractivity contribution is -0.384. The normalized spacial score (nSPS) is 10.8. The van der Waals surface area contributed by atoms with Crippen molar-refractivity contribution in [3.8, 4) is 6.07 Å². The number of nitrogens with two attached hydrogens (primary N) is 1. The fraction of sp³-hybridized carbons (Fsp3) is 0.125. The first kappa shape index (κ1) is 11.9. The van der Waals surface area contributed by atoms with Crippen LogP contribution in [0.1, 0.15) is 5.56 Å². The molecule has 0 amide bonds. The van der Waals surface area contributed by atoms with E-state index in [0.29, 0.717) is 0 Å². The molecular formula is C8H7N3O4S. The van der Waals surface area contributed by atoms with Gasteiger partial charge in [-0.25, -0.2) is 8.42 Å². The van der Waals surface area contributed by atoms with E-state index in [2.05, 4.69) is 0 Å². The van der Waals surface area contributed by atoms with Gasteiger partial charge in [0, 0.05) is 12.3 Å². The van der Waals surface area contributed by atoms with Crippen molar-refractivity contribution in [2.24, 2.45) is 0 Å². The Hall–Kier alpha value is -2.14. The van der Waals surface area contributed by atoms with Gasteiger partial charge in [0.15, 0.2) is 9.84 Å². The fourth-order valence-corrected chi connectivity index (χ4v) is 1.73. The van der Waals surface area contributed by atoms with Gasteiger partial charge in [-0.3, -0.25) is 10.1 Å². The lowest BCUT2D eigenvalue weighted by Gasteiger charge is -2.03. The summed E-state index contributed by atoms with van der Waals surface area (Å²) in [5, 5.41) is 19.3. The number of anilines is 1. The summed E-state index contributed by atoms with van der Waals surface area (Å²) < 4.78 is 22.4. The Morgan fingerprint density at radius 2 is 2.06 bits per heavy atom. The highest BCUT2D eigenvalue weighted by atomic mass is 32.2. The van der Waals surface area contributed by atoms with Crippen LogP contribution in [0.15, 0.2) is 17.0 Å². The van der Waals surface area contributed by atoms with Gasteiger partial charge in [-0.15, -0.1) is 0 Å². The Balaban J connectivity index is 3.68. The number of nitriles is 1. The van der Waals surface area contributed by atoms with E-state index in [9.17, 15) is 18.5 Å². The molecule has 0 aliphatic heterocycles. The third-order valence-electron chi connectivity index (χ3n) is 1.88. The van der Waals surface area contributed by atoms with E-state index < -0.39 is 20.4 Å². The molecule has 0 spiro atoms. The highest BCUT2D eigenvalue weighted by molar-refractivity contribution is 7.90. The number of nitrogen functional groups attached to an aromatic ring is 1. The minimum Gasteiger partial charge on any atom is -0.392 e. The van der Waals surface area contributed by atoms with Crippen molar-refractivity contribution < 1.29 is 13.3 Å². The van der Waals surface area contributed by atoms with Gasteiger partial charge in [0.2, 0.25) is 0 Å². The van der Waals surface area contributed by atoms with Gasteiger partial charge in [0.05, 0.1) is 15.4 Å². The maximum absolute atomic E-state index is 11.2. The zero-order chi connectivity index (χ0) is 12.5. The number of hydrogen-bond donors (Lipinski definition) is 1. The standard InChI is InChI=1S/C8H7N3O4S/c1-16(14,15)6-2-5(4-9)8(10)7(3-6)11(12)13/h2-3H,10H2,1H3. The number of rotatable bonds is 2. The highest BCUT2D eigenvalue weighted by Gasteiger charge is 2.20. The van der Waals surface area contributed by atoms with Crippen LogP contribution in [0, 0.1) is 21.4 Å². The summed E-state index contributed by atoms with van der Waals surface area (Å²) in [6.07, 6.45) is 0.892. The smallest absolute Gasteiger partial charge is 0.294 e. The summed E-state index contributed by atoms with van der Waals surface area (Å²) in [6.45, 7) is 0. The van der Waals surface area contributed by atoms with Crippen molar-refractivity contribution in [3.63, 3.8) is 0 Å². The topological polar surface area (TPSA) is 127 Å². The van der Waals surface area contributed by atoms with Gasteiger partial charge >= 0.3 is 0 Å². The van der Waals surface area contributed by atoms with E-state index in [4.69, 9.17) is 11.0 Å². The van der Waals surface area contributed by atoms with Crippen LogP contribution < -0.4 is 5.73 Å². The van der Waals surface area contributed by atoms with Gasteiger partial charge in [0.25, 0.3) is 5.69 Å². The van der Waals surface area contributed by atoms with Crippen molar-refractivity contribution in [1.29, 1.82) is 5.26 Å². The third kappa shape index (κ3) is 2.09. The van der Waals surface area contributed by atoms with Crippen molar-refractivity contribution in [1.82, 2.24) is 0 Å². The molecule has 0 unspecified atom stereocenters. The average Bonchev–Trinajstić information content (AvgIpc) is 2.15. The number of nitro groups is 1. The van der Waals surface area contributed by atoms with Crippen LogP contribution >= 0.6 is 0 Å². The minimum atomic E-state index is -3.62. The van der Waals surface area contributed by atoms with Crippen LogP contribution in [-0.4, -0.2) is 19.6 Å². The molecule has 0 heterocycles. The molecule has 0 saturated heterocycles. The number of sulfone groups is 1. The SMILES string of the molecule is CS(=O)(=O)c1cc(C#N)c(N)c([N+](=O)[O-])c1. The van der Waals surface area contributed by atoms with Crippen LogP contribution in [0.5, 0.6) is 0 Å². The molecule has 16 heavy (non-hydrogen) atoms. The molecule has 8 heteroatoms. The van der Waals surface area contributed by atoms with E-state index >= 15 is 0 Å². The largest absolute Gasteiger partial charge is 0.392 e. The molecule has 0 aromatic heterocycles. The second kappa shape index (κ2) is 3.79. The molecule has 0 saturated carbocycles. The fourth-order valence-electron chi connectivity index (χ4n) is 1.07. The molecule has 0 radical (unpaired) electrons. The zero-order valence-corrected chi connectivity index (χ0v) is 8.98. The second-order valence-corrected chi connectivity index (χ2v) is 5.06. The van der Waals surface area contributed by atoms with Crippen LogP contribution in [0.25, 0.3) is 0 Å². The van der Waals surface area contributed by atoms with E-state index in [0.717, 1.165) is 18.4 Å².